The monoisotopic (exact) mass is 200 g/mol. The summed E-state index contributed by atoms with van der Waals surface area (Å²) in [5, 5.41) is 4.22. The van der Waals surface area contributed by atoms with E-state index >= 15 is 0 Å². The van der Waals surface area contributed by atoms with Gasteiger partial charge in [-0.2, -0.15) is 4.37 Å². The predicted molar refractivity (Wildman–Crippen MR) is 55.9 cm³/mol. The van der Waals surface area contributed by atoms with Crippen LogP contribution in [0.2, 0.25) is 0 Å². The third kappa shape index (κ3) is 2.93. The molecule has 0 spiro atoms. The molecule has 0 radical (unpaired) electrons. The molecule has 1 rings (SSSR count). The first-order valence-electron chi connectivity index (χ1n) is 4.45. The van der Waals surface area contributed by atoms with Crippen LogP contribution in [0.4, 0.5) is 5.13 Å². The summed E-state index contributed by atoms with van der Waals surface area (Å²) in [5.74, 6) is 0. The minimum Gasteiger partial charge on any atom is -0.355 e. The first kappa shape index (κ1) is 10.4. The third-order valence-corrected chi connectivity index (χ3v) is 2.83. The number of aromatic nitrogens is 2. The third-order valence-electron chi connectivity index (χ3n) is 2.25. The van der Waals surface area contributed by atoms with Crippen LogP contribution in [0, 0.1) is 0 Å². The van der Waals surface area contributed by atoms with Crippen LogP contribution >= 0.6 is 11.5 Å². The quantitative estimate of drug-likeness (QED) is 0.755. The van der Waals surface area contributed by atoms with E-state index in [9.17, 15) is 0 Å². The Labute approximate surface area is 82.7 Å². The lowest BCUT2D eigenvalue weighted by molar-refractivity contribution is 0.463. The van der Waals surface area contributed by atoms with E-state index in [0.717, 1.165) is 18.0 Å². The normalized spacial score (nSPS) is 15.3. The lowest BCUT2D eigenvalue weighted by Gasteiger charge is -2.28. The van der Waals surface area contributed by atoms with Crippen molar-refractivity contribution >= 4 is 16.7 Å². The van der Waals surface area contributed by atoms with Crippen molar-refractivity contribution in [1.82, 2.24) is 9.36 Å². The Morgan fingerprint density at radius 1 is 1.69 bits per heavy atom. The van der Waals surface area contributed by atoms with Crippen molar-refractivity contribution < 1.29 is 0 Å². The lowest BCUT2D eigenvalue weighted by atomic mass is 9.95. The van der Waals surface area contributed by atoms with Crippen molar-refractivity contribution in [2.45, 2.75) is 32.2 Å². The zero-order chi connectivity index (χ0) is 9.73. The molecule has 0 saturated heterocycles. The fraction of sp³-hybridized carbons (Fsp3) is 0.750. The second-order valence-corrected chi connectivity index (χ2v) is 4.10. The molecule has 74 valence electrons. The Balaban J connectivity index is 2.58. The van der Waals surface area contributed by atoms with E-state index in [2.05, 4.69) is 28.5 Å². The van der Waals surface area contributed by atoms with E-state index in [0.29, 0.717) is 6.54 Å². The van der Waals surface area contributed by atoms with Crippen LogP contribution in [0.25, 0.3) is 0 Å². The molecule has 1 aromatic heterocycles. The van der Waals surface area contributed by atoms with E-state index in [4.69, 9.17) is 5.73 Å². The van der Waals surface area contributed by atoms with Crippen molar-refractivity contribution in [3.05, 3.63) is 6.33 Å². The maximum atomic E-state index is 5.55. The molecular weight excluding hydrogens is 184 g/mol. The zero-order valence-corrected chi connectivity index (χ0v) is 8.90. The molecule has 1 heterocycles. The Kier molecular flexibility index (Phi) is 3.62. The molecule has 0 aromatic carbocycles. The highest BCUT2D eigenvalue weighted by molar-refractivity contribution is 7.09. The summed E-state index contributed by atoms with van der Waals surface area (Å²) in [7, 11) is 0. The minimum absolute atomic E-state index is 0.0499. The van der Waals surface area contributed by atoms with Gasteiger partial charge in [-0.25, -0.2) is 4.98 Å². The van der Waals surface area contributed by atoms with Gasteiger partial charge in [0.05, 0.1) is 0 Å². The van der Waals surface area contributed by atoms with Crippen molar-refractivity contribution in [3.63, 3.8) is 0 Å². The highest BCUT2D eigenvalue weighted by atomic mass is 32.1. The van der Waals surface area contributed by atoms with Gasteiger partial charge in [0, 0.05) is 17.1 Å². The van der Waals surface area contributed by atoms with Crippen molar-refractivity contribution in [2.24, 2.45) is 5.73 Å². The number of hydrogen-bond acceptors (Lipinski definition) is 5. The maximum absolute atomic E-state index is 5.55. The van der Waals surface area contributed by atoms with Crippen molar-refractivity contribution in [1.29, 1.82) is 0 Å². The summed E-state index contributed by atoms with van der Waals surface area (Å²) >= 11 is 1.38. The van der Waals surface area contributed by atoms with Crippen LogP contribution in [0.1, 0.15) is 26.7 Å². The van der Waals surface area contributed by atoms with Gasteiger partial charge < -0.3 is 11.1 Å². The lowest BCUT2D eigenvalue weighted by Crippen LogP contribution is -2.36. The maximum Gasteiger partial charge on any atom is 0.202 e. The Hall–Kier alpha value is -0.680. The van der Waals surface area contributed by atoms with Gasteiger partial charge >= 0.3 is 0 Å². The van der Waals surface area contributed by atoms with Crippen LogP contribution in [0.3, 0.4) is 0 Å². The van der Waals surface area contributed by atoms with E-state index in [1.54, 1.807) is 6.33 Å². The first-order valence-corrected chi connectivity index (χ1v) is 5.22. The molecule has 0 aliphatic rings. The average Bonchev–Trinajstić information content (AvgIpc) is 2.57. The molecular formula is C8H16N4S. The molecule has 0 fully saturated rings. The summed E-state index contributed by atoms with van der Waals surface area (Å²) < 4.78 is 3.94. The van der Waals surface area contributed by atoms with Gasteiger partial charge in [0.2, 0.25) is 5.13 Å². The summed E-state index contributed by atoms with van der Waals surface area (Å²) in [6.07, 6.45) is 3.54. The molecule has 1 unspecified atom stereocenters. The molecule has 1 aromatic rings. The number of nitrogens with zero attached hydrogens (tertiary/aromatic N) is 2. The predicted octanol–water partition coefficient (Wildman–Crippen LogP) is 1.47. The van der Waals surface area contributed by atoms with Gasteiger partial charge in [-0.15, -0.1) is 0 Å². The number of rotatable bonds is 5. The molecule has 1 atom stereocenters. The molecule has 3 N–H and O–H groups in total. The van der Waals surface area contributed by atoms with Gasteiger partial charge in [0.1, 0.15) is 6.33 Å². The largest absolute Gasteiger partial charge is 0.355 e. The van der Waals surface area contributed by atoms with E-state index in [1.165, 1.54) is 11.5 Å². The molecule has 0 saturated carbocycles. The molecule has 0 bridgehead atoms. The second-order valence-electron chi connectivity index (χ2n) is 3.32. The smallest absolute Gasteiger partial charge is 0.202 e. The standard InChI is InChI=1S/C8H16N4S/c1-3-8(2,4-5-9)12-7-10-6-11-13-7/h6H,3-5,9H2,1-2H3,(H,10,11,12). The van der Waals surface area contributed by atoms with Gasteiger partial charge in [0.25, 0.3) is 0 Å². The summed E-state index contributed by atoms with van der Waals surface area (Å²) in [6.45, 7) is 4.99. The van der Waals surface area contributed by atoms with Gasteiger partial charge in [-0.1, -0.05) is 6.92 Å². The second kappa shape index (κ2) is 4.53. The van der Waals surface area contributed by atoms with Crippen LogP contribution in [-0.2, 0) is 0 Å². The Morgan fingerprint density at radius 2 is 2.46 bits per heavy atom. The molecule has 0 aliphatic carbocycles. The molecule has 0 aliphatic heterocycles. The summed E-state index contributed by atoms with van der Waals surface area (Å²) in [6, 6.07) is 0. The van der Waals surface area contributed by atoms with E-state index in [1.807, 2.05) is 0 Å². The first-order chi connectivity index (χ1) is 6.20. The van der Waals surface area contributed by atoms with Crippen molar-refractivity contribution in [3.8, 4) is 0 Å². The average molecular weight is 200 g/mol. The molecule has 5 heteroatoms. The zero-order valence-electron chi connectivity index (χ0n) is 8.08. The Morgan fingerprint density at radius 3 is 2.92 bits per heavy atom. The molecule has 4 nitrogen and oxygen atoms in total. The fourth-order valence-electron chi connectivity index (χ4n) is 1.13. The minimum atomic E-state index is 0.0499. The number of nitrogens with one attached hydrogen (secondary N) is 1. The molecule has 0 amide bonds. The molecule has 13 heavy (non-hydrogen) atoms. The fourth-order valence-corrected chi connectivity index (χ4v) is 1.71. The van der Waals surface area contributed by atoms with E-state index in [-0.39, 0.29) is 5.54 Å². The summed E-state index contributed by atoms with van der Waals surface area (Å²) in [4.78, 5) is 4.09. The SMILES string of the molecule is CCC(C)(CCN)Nc1ncns1. The van der Waals surface area contributed by atoms with Crippen LogP contribution in [-0.4, -0.2) is 21.4 Å². The van der Waals surface area contributed by atoms with Gasteiger partial charge in [0.15, 0.2) is 0 Å². The van der Waals surface area contributed by atoms with Crippen LogP contribution < -0.4 is 11.1 Å². The Bertz CT molecular complexity index is 236. The van der Waals surface area contributed by atoms with Crippen molar-refractivity contribution in [2.75, 3.05) is 11.9 Å². The number of nitrogens with two attached hydrogens (primary N) is 1. The van der Waals surface area contributed by atoms with Crippen LogP contribution in [0.15, 0.2) is 6.33 Å². The highest BCUT2D eigenvalue weighted by Gasteiger charge is 2.21. The topological polar surface area (TPSA) is 63.8 Å². The number of anilines is 1. The van der Waals surface area contributed by atoms with Crippen LogP contribution in [0.5, 0.6) is 0 Å². The highest BCUT2D eigenvalue weighted by Crippen LogP contribution is 2.21. The van der Waals surface area contributed by atoms with Gasteiger partial charge in [-0.05, 0) is 26.3 Å². The summed E-state index contributed by atoms with van der Waals surface area (Å²) in [5.41, 5.74) is 5.60. The number of hydrogen-bond donors (Lipinski definition) is 2. The van der Waals surface area contributed by atoms with Gasteiger partial charge in [-0.3, -0.25) is 0 Å². The van der Waals surface area contributed by atoms with E-state index < -0.39 is 0 Å².